The Morgan fingerprint density at radius 1 is 1.37 bits per heavy atom. The number of carbonyl (C=O) groups is 1. The highest BCUT2D eigenvalue weighted by Crippen LogP contribution is 2.24. The number of hydrogen-bond donors (Lipinski definition) is 1. The van der Waals surface area contributed by atoms with Crippen LogP contribution >= 0.6 is 11.3 Å². The van der Waals surface area contributed by atoms with Crippen LogP contribution in [-0.4, -0.2) is 53.1 Å². The third kappa shape index (κ3) is 3.35. The molecule has 4 nitrogen and oxygen atoms in total. The van der Waals surface area contributed by atoms with Gasteiger partial charge in [0.2, 0.25) is 0 Å². The van der Waals surface area contributed by atoms with Crippen LogP contribution in [0.15, 0.2) is 16.8 Å². The maximum Gasteiger partial charge on any atom is 0.320 e. The van der Waals surface area contributed by atoms with E-state index in [9.17, 15) is 9.90 Å². The molecule has 1 fully saturated rings. The standard InChI is InChI=1S/C14H22N2O2S/c1-3-13(14(17)18)16-7-5-15(6-8-16)11(2)12-4-9-19-10-12/h4,9-11,13H,3,5-8H2,1-2H3,(H,17,18). The van der Waals surface area contributed by atoms with Crippen LogP contribution in [-0.2, 0) is 4.79 Å². The predicted octanol–water partition coefficient (Wildman–Crippen LogP) is 2.29. The zero-order valence-corrected chi connectivity index (χ0v) is 12.4. The summed E-state index contributed by atoms with van der Waals surface area (Å²) in [4.78, 5) is 15.7. The fourth-order valence-electron chi connectivity index (χ4n) is 2.75. The smallest absolute Gasteiger partial charge is 0.320 e. The van der Waals surface area contributed by atoms with E-state index in [4.69, 9.17) is 0 Å². The van der Waals surface area contributed by atoms with Gasteiger partial charge >= 0.3 is 5.97 Å². The van der Waals surface area contributed by atoms with Gasteiger partial charge in [-0.15, -0.1) is 0 Å². The molecule has 0 amide bonds. The monoisotopic (exact) mass is 282 g/mol. The van der Waals surface area contributed by atoms with Crippen LogP contribution < -0.4 is 0 Å². The van der Waals surface area contributed by atoms with Crippen molar-refractivity contribution in [2.45, 2.75) is 32.4 Å². The van der Waals surface area contributed by atoms with Gasteiger partial charge in [0.25, 0.3) is 0 Å². The van der Waals surface area contributed by atoms with Crippen LogP contribution in [0.25, 0.3) is 0 Å². The molecule has 1 aliphatic rings. The van der Waals surface area contributed by atoms with Gasteiger partial charge in [0.15, 0.2) is 0 Å². The Kier molecular flexibility index (Phi) is 4.96. The van der Waals surface area contributed by atoms with E-state index in [2.05, 4.69) is 33.6 Å². The van der Waals surface area contributed by atoms with Gasteiger partial charge in [0.05, 0.1) is 0 Å². The second-order valence-electron chi connectivity index (χ2n) is 5.07. The molecule has 2 atom stereocenters. The fraction of sp³-hybridized carbons (Fsp3) is 0.643. The van der Waals surface area contributed by atoms with Crippen LogP contribution in [0.5, 0.6) is 0 Å². The number of nitrogens with zero attached hydrogens (tertiary/aromatic N) is 2. The molecule has 0 aliphatic carbocycles. The quantitative estimate of drug-likeness (QED) is 0.900. The minimum Gasteiger partial charge on any atom is -0.480 e. The molecule has 1 saturated heterocycles. The molecule has 0 aromatic carbocycles. The van der Waals surface area contributed by atoms with Crippen LogP contribution in [0.2, 0.25) is 0 Å². The second-order valence-corrected chi connectivity index (χ2v) is 5.85. The van der Waals surface area contributed by atoms with Crippen molar-refractivity contribution in [1.29, 1.82) is 0 Å². The van der Waals surface area contributed by atoms with Crippen LogP contribution in [0.1, 0.15) is 31.9 Å². The van der Waals surface area contributed by atoms with Crippen molar-refractivity contribution in [2.75, 3.05) is 26.2 Å². The number of piperazine rings is 1. The van der Waals surface area contributed by atoms with Crippen molar-refractivity contribution in [3.8, 4) is 0 Å². The van der Waals surface area contributed by atoms with Gasteiger partial charge in [-0.25, -0.2) is 0 Å². The Labute approximate surface area is 118 Å². The molecular formula is C14H22N2O2S. The lowest BCUT2D eigenvalue weighted by molar-refractivity contribution is -0.144. The highest BCUT2D eigenvalue weighted by Gasteiger charge is 2.29. The molecule has 2 unspecified atom stereocenters. The molecule has 106 valence electrons. The molecule has 5 heteroatoms. The molecule has 0 saturated carbocycles. The van der Waals surface area contributed by atoms with Crippen molar-refractivity contribution in [3.05, 3.63) is 22.4 Å². The van der Waals surface area contributed by atoms with E-state index in [1.807, 2.05) is 6.92 Å². The summed E-state index contributed by atoms with van der Waals surface area (Å²) >= 11 is 1.73. The third-order valence-corrected chi connectivity index (χ3v) is 4.74. The molecule has 0 spiro atoms. The van der Waals surface area contributed by atoms with E-state index in [1.165, 1.54) is 5.56 Å². The van der Waals surface area contributed by atoms with Crippen LogP contribution in [0.3, 0.4) is 0 Å². The van der Waals surface area contributed by atoms with E-state index in [0.29, 0.717) is 12.5 Å². The van der Waals surface area contributed by atoms with Gasteiger partial charge < -0.3 is 5.11 Å². The highest BCUT2D eigenvalue weighted by atomic mass is 32.1. The van der Waals surface area contributed by atoms with Gasteiger partial charge in [0.1, 0.15) is 6.04 Å². The summed E-state index contributed by atoms with van der Waals surface area (Å²) in [5.74, 6) is -0.693. The summed E-state index contributed by atoms with van der Waals surface area (Å²) in [5, 5.41) is 13.5. The van der Waals surface area contributed by atoms with Crippen molar-refractivity contribution in [2.24, 2.45) is 0 Å². The molecule has 19 heavy (non-hydrogen) atoms. The maximum atomic E-state index is 11.2. The van der Waals surface area contributed by atoms with Crippen molar-refractivity contribution < 1.29 is 9.90 Å². The SMILES string of the molecule is CCC(C(=O)O)N1CCN(C(C)c2ccsc2)CC1. The number of aliphatic carboxylic acids is 1. The Bertz CT molecular complexity index is 400. The fourth-order valence-corrected chi connectivity index (χ4v) is 3.50. The average Bonchev–Trinajstić information content (AvgIpc) is 2.93. The number of hydrogen-bond acceptors (Lipinski definition) is 4. The van der Waals surface area contributed by atoms with Gasteiger partial charge in [-0.3, -0.25) is 14.6 Å². The van der Waals surface area contributed by atoms with Crippen LogP contribution in [0.4, 0.5) is 0 Å². The number of carboxylic acid groups (broad SMARTS) is 1. The molecule has 1 aromatic rings. The Hall–Kier alpha value is -0.910. The normalized spacial score (nSPS) is 21.2. The lowest BCUT2D eigenvalue weighted by Crippen LogP contribution is -2.52. The Balaban J connectivity index is 1.90. The molecule has 2 rings (SSSR count). The number of rotatable bonds is 5. The van der Waals surface area contributed by atoms with Gasteiger partial charge in [0, 0.05) is 32.2 Å². The lowest BCUT2D eigenvalue weighted by Gasteiger charge is -2.40. The van der Waals surface area contributed by atoms with E-state index in [1.54, 1.807) is 11.3 Å². The first-order chi connectivity index (χ1) is 9.13. The first-order valence-corrected chi connectivity index (χ1v) is 7.80. The highest BCUT2D eigenvalue weighted by molar-refractivity contribution is 7.07. The minimum atomic E-state index is -0.693. The molecule has 0 bridgehead atoms. The van der Waals surface area contributed by atoms with Gasteiger partial charge in [-0.05, 0) is 35.7 Å². The largest absolute Gasteiger partial charge is 0.480 e. The van der Waals surface area contributed by atoms with Crippen LogP contribution in [0, 0.1) is 0 Å². The van der Waals surface area contributed by atoms with E-state index >= 15 is 0 Å². The van der Waals surface area contributed by atoms with Gasteiger partial charge in [-0.1, -0.05) is 6.92 Å². The average molecular weight is 282 g/mol. The molecule has 0 radical (unpaired) electrons. The van der Waals surface area contributed by atoms with Crippen molar-refractivity contribution in [3.63, 3.8) is 0 Å². The summed E-state index contributed by atoms with van der Waals surface area (Å²) in [6, 6.07) is 2.28. The summed E-state index contributed by atoms with van der Waals surface area (Å²) in [5.41, 5.74) is 1.36. The lowest BCUT2D eigenvalue weighted by atomic mass is 10.1. The summed E-state index contributed by atoms with van der Waals surface area (Å²) in [7, 11) is 0. The minimum absolute atomic E-state index is 0.321. The zero-order chi connectivity index (χ0) is 13.8. The molecule has 1 aromatic heterocycles. The molecular weight excluding hydrogens is 260 g/mol. The number of carboxylic acids is 1. The zero-order valence-electron chi connectivity index (χ0n) is 11.6. The van der Waals surface area contributed by atoms with E-state index < -0.39 is 5.97 Å². The molecule has 1 aliphatic heterocycles. The molecule has 2 heterocycles. The Morgan fingerprint density at radius 3 is 2.47 bits per heavy atom. The van der Waals surface area contributed by atoms with Gasteiger partial charge in [-0.2, -0.15) is 11.3 Å². The predicted molar refractivity (Wildman–Crippen MR) is 77.6 cm³/mol. The van der Waals surface area contributed by atoms with E-state index in [0.717, 1.165) is 26.2 Å². The summed E-state index contributed by atoms with van der Waals surface area (Å²) in [6.45, 7) is 7.76. The van der Waals surface area contributed by atoms with E-state index in [-0.39, 0.29) is 6.04 Å². The number of thiophene rings is 1. The maximum absolute atomic E-state index is 11.2. The second kappa shape index (κ2) is 6.50. The van der Waals surface area contributed by atoms with Crippen molar-refractivity contribution >= 4 is 17.3 Å². The topological polar surface area (TPSA) is 43.8 Å². The van der Waals surface area contributed by atoms with Crippen molar-refractivity contribution in [1.82, 2.24) is 9.80 Å². The first-order valence-electron chi connectivity index (χ1n) is 6.86. The summed E-state index contributed by atoms with van der Waals surface area (Å²) in [6.07, 6.45) is 0.676. The Morgan fingerprint density at radius 2 is 2.00 bits per heavy atom. The molecule has 1 N–H and O–H groups in total. The first kappa shape index (κ1) is 14.5. The third-order valence-electron chi connectivity index (χ3n) is 4.03. The summed E-state index contributed by atoms with van der Waals surface area (Å²) < 4.78 is 0.